The second-order valence-corrected chi connectivity index (χ2v) is 5.29. The molecule has 9 nitrogen and oxygen atoms in total. The molecular weight excluding hydrogens is 354 g/mol. The Kier molecular flexibility index (Phi) is 5.50. The Morgan fingerprint density at radius 3 is 2.68 bits per heavy atom. The number of nitro groups is 1. The molecule has 130 valence electrons. The summed E-state index contributed by atoms with van der Waals surface area (Å²) in [5.74, 6) is -1.65. The number of pyridine rings is 1. The van der Waals surface area contributed by atoms with Crippen LogP contribution in [0.3, 0.4) is 0 Å². The van der Waals surface area contributed by atoms with Crippen LogP contribution in [0.15, 0.2) is 41.3 Å². The number of nitrogens with zero attached hydrogens (tertiary/aromatic N) is 2. The summed E-state index contributed by atoms with van der Waals surface area (Å²) >= 11 is 5.81. The van der Waals surface area contributed by atoms with E-state index in [9.17, 15) is 24.5 Å². The number of esters is 1. The van der Waals surface area contributed by atoms with Crippen molar-refractivity contribution in [2.45, 2.75) is 6.54 Å². The molecule has 0 aliphatic heterocycles. The number of rotatable bonds is 5. The summed E-state index contributed by atoms with van der Waals surface area (Å²) in [4.78, 5) is 46.1. The maximum absolute atomic E-state index is 12.2. The van der Waals surface area contributed by atoms with Crippen LogP contribution in [0.2, 0.25) is 5.02 Å². The molecule has 0 atom stereocenters. The van der Waals surface area contributed by atoms with Crippen molar-refractivity contribution in [1.82, 2.24) is 4.57 Å². The molecule has 0 radical (unpaired) electrons. The Labute approximate surface area is 145 Å². The normalized spacial score (nSPS) is 10.2. The topological polar surface area (TPSA) is 121 Å². The van der Waals surface area contributed by atoms with Gasteiger partial charge in [0.2, 0.25) is 5.91 Å². The molecule has 10 heteroatoms. The van der Waals surface area contributed by atoms with E-state index in [0.717, 1.165) is 23.9 Å². The van der Waals surface area contributed by atoms with Gasteiger partial charge in [-0.15, -0.1) is 0 Å². The molecule has 2 aromatic rings. The highest BCUT2D eigenvalue weighted by Gasteiger charge is 2.20. The van der Waals surface area contributed by atoms with Crippen LogP contribution < -0.4 is 10.9 Å². The van der Waals surface area contributed by atoms with Crippen LogP contribution in [-0.4, -0.2) is 28.5 Å². The first-order valence-electron chi connectivity index (χ1n) is 6.84. The van der Waals surface area contributed by atoms with E-state index >= 15 is 0 Å². The van der Waals surface area contributed by atoms with Gasteiger partial charge < -0.3 is 10.1 Å². The number of ether oxygens (including phenoxy) is 1. The fraction of sp³-hybridized carbons (Fsp3) is 0.133. The number of carbonyl (C=O) groups is 2. The molecule has 0 fully saturated rings. The lowest BCUT2D eigenvalue weighted by Crippen LogP contribution is -2.31. The number of carbonyl (C=O) groups excluding carboxylic acids is 2. The molecule has 0 bridgehead atoms. The van der Waals surface area contributed by atoms with Crippen molar-refractivity contribution in [2.24, 2.45) is 0 Å². The molecule has 0 aliphatic carbocycles. The largest absolute Gasteiger partial charge is 0.465 e. The minimum Gasteiger partial charge on any atom is -0.465 e. The van der Waals surface area contributed by atoms with Gasteiger partial charge in [-0.25, -0.2) is 4.79 Å². The highest BCUT2D eigenvalue weighted by atomic mass is 35.5. The third-order valence-electron chi connectivity index (χ3n) is 3.11. The zero-order chi connectivity index (χ0) is 18.6. The van der Waals surface area contributed by atoms with Crippen LogP contribution in [0.5, 0.6) is 0 Å². The minimum atomic E-state index is -1.03. The molecule has 0 saturated carbocycles. The van der Waals surface area contributed by atoms with Crippen molar-refractivity contribution in [3.63, 3.8) is 0 Å². The Morgan fingerprint density at radius 1 is 1.36 bits per heavy atom. The van der Waals surface area contributed by atoms with Crippen molar-refractivity contribution in [3.8, 4) is 0 Å². The molecule has 1 aromatic heterocycles. The van der Waals surface area contributed by atoms with Crippen LogP contribution in [0.1, 0.15) is 10.4 Å². The summed E-state index contributed by atoms with van der Waals surface area (Å²) in [6.07, 6.45) is 0.881. The third kappa shape index (κ3) is 4.42. The molecule has 0 saturated heterocycles. The quantitative estimate of drug-likeness (QED) is 0.490. The fourth-order valence-electron chi connectivity index (χ4n) is 2.01. The van der Waals surface area contributed by atoms with Crippen LogP contribution in [0, 0.1) is 10.1 Å². The van der Waals surface area contributed by atoms with E-state index in [0.29, 0.717) is 10.7 Å². The maximum atomic E-state index is 12.2. The molecule has 25 heavy (non-hydrogen) atoms. The van der Waals surface area contributed by atoms with Gasteiger partial charge in [-0.2, -0.15) is 0 Å². The van der Waals surface area contributed by atoms with Crippen LogP contribution in [0.25, 0.3) is 0 Å². The van der Waals surface area contributed by atoms with Gasteiger partial charge >= 0.3 is 5.97 Å². The molecular formula is C15H12ClN3O6. The molecule has 0 aliphatic rings. The van der Waals surface area contributed by atoms with Gasteiger partial charge in [0.15, 0.2) is 0 Å². The Hall–Kier alpha value is -3.20. The average Bonchev–Trinajstić information content (AvgIpc) is 2.55. The van der Waals surface area contributed by atoms with Crippen molar-refractivity contribution in [3.05, 3.63) is 67.6 Å². The summed E-state index contributed by atoms with van der Waals surface area (Å²) in [5, 5.41) is 13.9. The molecule has 2 rings (SSSR count). The van der Waals surface area contributed by atoms with Crippen LogP contribution in [0.4, 0.5) is 11.4 Å². The standard InChI is InChI=1S/C15H12ClN3O6/c1-25-15(22)12-6-11(19(23)24)7-18(14(12)21)8-13(20)17-10-4-2-3-9(16)5-10/h2-7H,8H2,1H3,(H,17,20). The predicted molar refractivity (Wildman–Crippen MR) is 88.8 cm³/mol. The predicted octanol–water partition coefficient (Wildman–Crippen LogP) is 1.84. The van der Waals surface area contributed by atoms with Crippen molar-refractivity contribution >= 4 is 34.9 Å². The average molecular weight is 366 g/mol. The maximum Gasteiger partial charge on any atom is 0.343 e. The molecule has 1 heterocycles. The monoisotopic (exact) mass is 365 g/mol. The Bertz CT molecular complexity index is 908. The number of anilines is 1. The number of methoxy groups -OCH3 is 1. The highest BCUT2D eigenvalue weighted by molar-refractivity contribution is 6.30. The summed E-state index contributed by atoms with van der Waals surface area (Å²) < 4.78 is 5.20. The molecule has 1 amide bonds. The minimum absolute atomic E-state index is 0.393. The van der Waals surface area contributed by atoms with Crippen molar-refractivity contribution in [2.75, 3.05) is 12.4 Å². The fourth-order valence-corrected chi connectivity index (χ4v) is 2.21. The number of aromatic nitrogens is 1. The highest BCUT2D eigenvalue weighted by Crippen LogP contribution is 2.15. The van der Waals surface area contributed by atoms with E-state index in [4.69, 9.17) is 11.6 Å². The number of hydrogen-bond acceptors (Lipinski definition) is 6. The smallest absolute Gasteiger partial charge is 0.343 e. The first-order chi connectivity index (χ1) is 11.8. The summed E-state index contributed by atoms with van der Waals surface area (Å²) in [6, 6.07) is 7.12. The van der Waals surface area contributed by atoms with Gasteiger partial charge in [-0.05, 0) is 18.2 Å². The second kappa shape index (κ2) is 7.58. The molecule has 0 unspecified atom stereocenters. The molecule has 0 spiro atoms. The van der Waals surface area contributed by atoms with Gasteiger partial charge in [0, 0.05) is 16.8 Å². The van der Waals surface area contributed by atoms with Gasteiger partial charge in [0.25, 0.3) is 11.2 Å². The van der Waals surface area contributed by atoms with E-state index < -0.39 is 40.2 Å². The van der Waals surface area contributed by atoms with Crippen molar-refractivity contribution < 1.29 is 19.2 Å². The number of halogens is 1. The summed E-state index contributed by atoms with van der Waals surface area (Å²) in [7, 11) is 1.04. The third-order valence-corrected chi connectivity index (χ3v) is 3.35. The van der Waals surface area contributed by atoms with E-state index in [2.05, 4.69) is 10.1 Å². The number of hydrogen-bond donors (Lipinski definition) is 1. The number of benzene rings is 1. The second-order valence-electron chi connectivity index (χ2n) is 4.85. The summed E-state index contributed by atoms with van der Waals surface area (Å²) in [6.45, 7) is -0.531. The van der Waals surface area contributed by atoms with E-state index in [1.165, 1.54) is 6.07 Å². The summed E-state index contributed by atoms with van der Waals surface area (Å²) in [5.41, 5.74) is -1.54. The van der Waals surface area contributed by atoms with E-state index in [1.807, 2.05) is 0 Å². The lowest BCUT2D eigenvalue weighted by Gasteiger charge is -2.09. The number of nitrogens with one attached hydrogen (secondary N) is 1. The van der Waals surface area contributed by atoms with E-state index in [1.54, 1.807) is 18.2 Å². The molecule has 1 N–H and O–H groups in total. The number of amides is 1. The van der Waals surface area contributed by atoms with Crippen molar-refractivity contribution in [1.29, 1.82) is 0 Å². The van der Waals surface area contributed by atoms with Crippen LogP contribution >= 0.6 is 11.6 Å². The SMILES string of the molecule is COC(=O)c1cc([N+](=O)[O-])cn(CC(=O)Nc2cccc(Cl)c2)c1=O. The van der Waals surface area contributed by atoms with E-state index in [-0.39, 0.29) is 0 Å². The van der Waals surface area contributed by atoms with Gasteiger partial charge in [0.1, 0.15) is 12.1 Å². The Balaban J connectivity index is 2.33. The van der Waals surface area contributed by atoms with Crippen LogP contribution in [-0.2, 0) is 16.1 Å². The zero-order valence-electron chi connectivity index (χ0n) is 12.9. The molecule has 1 aromatic carbocycles. The Morgan fingerprint density at radius 2 is 2.08 bits per heavy atom. The first kappa shape index (κ1) is 18.1. The van der Waals surface area contributed by atoms with Gasteiger partial charge in [-0.3, -0.25) is 24.3 Å². The lowest BCUT2D eigenvalue weighted by molar-refractivity contribution is -0.385. The van der Waals surface area contributed by atoms with Gasteiger partial charge in [-0.1, -0.05) is 17.7 Å². The van der Waals surface area contributed by atoms with Gasteiger partial charge in [0.05, 0.1) is 18.2 Å². The first-order valence-corrected chi connectivity index (χ1v) is 7.22. The lowest BCUT2D eigenvalue weighted by atomic mass is 10.2. The zero-order valence-corrected chi connectivity index (χ0v) is 13.6.